The number of aryl methyl sites for hydroxylation is 1. The predicted octanol–water partition coefficient (Wildman–Crippen LogP) is 9.38. The zero-order valence-corrected chi connectivity index (χ0v) is 24.6. The fraction of sp³-hybridized carbons (Fsp3) is 0.469. The monoisotopic (exact) mass is 580 g/mol. The molecule has 0 aliphatic rings. The van der Waals surface area contributed by atoms with Gasteiger partial charge in [-0.1, -0.05) is 58.8 Å². The topological polar surface area (TPSA) is 61.3 Å². The molecule has 3 aromatic rings. The minimum absolute atomic E-state index is 0.121. The highest BCUT2D eigenvalue weighted by Gasteiger charge is 2.14. The highest BCUT2D eigenvalue weighted by molar-refractivity contribution is 9.10. The fourth-order valence-corrected chi connectivity index (χ4v) is 4.73. The smallest absolute Gasteiger partial charge is 0.343 e. The van der Waals surface area contributed by atoms with E-state index in [-0.39, 0.29) is 6.10 Å². The number of aromatic nitrogens is 2. The van der Waals surface area contributed by atoms with E-state index in [1.165, 1.54) is 56.9 Å². The average Bonchev–Trinajstić information content (AvgIpc) is 2.93. The minimum Gasteiger partial charge on any atom is -0.490 e. The van der Waals surface area contributed by atoms with E-state index in [9.17, 15) is 4.79 Å². The minimum atomic E-state index is -0.419. The van der Waals surface area contributed by atoms with Crippen molar-refractivity contribution in [3.8, 4) is 22.9 Å². The van der Waals surface area contributed by atoms with E-state index in [2.05, 4.69) is 46.7 Å². The summed E-state index contributed by atoms with van der Waals surface area (Å²) in [7, 11) is 0. The number of benzene rings is 2. The third kappa shape index (κ3) is 9.86. The van der Waals surface area contributed by atoms with Gasteiger partial charge in [-0.15, -0.1) is 0 Å². The maximum absolute atomic E-state index is 12.7. The number of hydrogen-bond donors (Lipinski definition) is 0. The van der Waals surface area contributed by atoms with E-state index in [4.69, 9.17) is 9.47 Å². The zero-order valence-electron chi connectivity index (χ0n) is 23.0. The van der Waals surface area contributed by atoms with Crippen LogP contribution in [0.1, 0.15) is 101 Å². The lowest BCUT2D eigenvalue weighted by atomic mass is 10.1. The molecular formula is C32H41BrN2O3. The highest BCUT2D eigenvalue weighted by Crippen LogP contribution is 2.29. The number of halogens is 1. The second-order valence-electron chi connectivity index (χ2n) is 9.92. The van der Waals surface area contributed by atoms with Crippen LogP contribution in [0.5, 0.6) is 11.5 Å². The van der Waals surface area contributed by atoms with Gasteiger partial charge in [0.15, 0.2) is 5.82 Å². The van der Waals surface area contributed by atoms with E-state index < -0.39 is 5.97 Å². The summed E-state index contributed by atoms with van der Waals surface area (Å²) in [5.41, 5.74) is 2.50. The van der Waals surface area contributed by atoms with Crippen LogP contribution in [0, 0.1) is 0 Å². The molecule has 3 rings (SSSR count). The van der Waals surface area contributed by atoms with Gasteiger partial charge in [0.2, 0.25) is 0 Å². The second kappa shape index (κ2) is 16.3. The normalized spacial score (nSPS) is 11.8. The van der Waals surface area contributed by atoms with Crippen molar-refractivity contribution in [2.24, 2.45) is 0 Å². The van der Waals surface area contributed by atoms with Gasteiger partial charge in [-0.05, 0) is 96.6 Å². The van der Waals surface area contributed by atoms with Crippen molar-refractivity contribution in [1.82, 2.24) is 9.97 Å². The van der Waals surface area contributed by atoms with E-state index in [0.29, 0.717) is 17.1 Å². The van der Waals surface area contributed by atoms with Crippen LogP contribution in [0.25, 0.3) is 11.4 Å². The van der Waals surface area contributed by atoms with Crippen LogP contribution in [0.2, 0.25) is 0 Å². The number of ether oxygens (including phenoxy) is 2. The molecule has 0 spiro atoms. The van der Waals surface area contributed by atoms with Crippen LogP contribution in [0.15, 0.2) is 59.3 Å². The predicted molar refractivity (Wildman–Crippen MR) is 158 cm³/mol. The fourth-order valence-electron chi connectivity index (χ4n) is 4.26. The largest absolute Gasteiger partial charge is 0.490 e. The summed E-state index contributed by atoms with van der Waals surface area (Å²) in [4.78, 5) is 21.8. The van der Waals surface area contributed by atoms with Crippen molar-refractivity contribution < 1.29 is 14.3 Å². The number of carbonyl (C=O) groups excluding carboxylic acids is 1. The molecule has 0 radical (unpaired) electrons. The van der Waals surface area contributed by atoms with Crippen molar-refractivity contribution in [1.29, 1.82) is 0 Å². The first-order valence-electron chi connectivity index (χ1n) is 14.1. The van der Waals surface area contributed by atoms with Gasteiger partial charge in [-0.3, -0.25) is 0 Å². The Morgan fingerprint density at radius 2 is 1.53 bits per heavy atom. The Hall–Kier alpha value is -2.73. The van der Waals surface area contributed by atoms with E-state index in [1.54, 1.807) is 24.3 Å². The molecule has 1 heterocycles. The number of rotatable bonds is 16. The van der Waals surface area contributed by atoms with Gasteiger partial charge in [-0.25, -0.2) is 14.8 Å². The first kappa shape index (κ1) is 29.8. The number of esters is 1. The molecule has 0 aliphatic heterocycles. The molecule has 0 amide bonds. The highest BCUT2D eigenvalue weighted by atomic mass is 79.9. The lowest BCUT2D eigenvalue weighted by Gasteiger charge is -2.16. The molecule has 38 heavy (non-hydrogen) atoms. The summed E-state index contributed by atoms with van der Waals surface area (Å²) < 4.78 is 12.4. The molecule has 0 N–H and O–H groups in total. The summed E-state index contributed by atoms with van der Waals surface area (Å²) in [6.07, 6.45) is 17.1. The summed E-state index contributed by atoms with van der Waals surface area (Å²) in [6.45, 7) is 6.52. The third-order valence-electron chi connectivity index (χ3n) is 6.56. The van der Waals surface area contributed by atoms with Crippen LogP contribution in [0.4, 0.5) is 0 Å². The molecule has 0 saturated heterocycles. The van der Waals surface area contributed by atoms with E-state index in [0.717, 1.165) is 35.0 Å². The number of carbonyl (C=O) groups is 1. The lowest BCUT2D eigenvalue weighted by molar-refractivity contribution is 0.0734. The quantitative estimate of drug-likeness (QED) is 0.0958. The Balaban J connectivity index is 1.51. The summed E-state index contributed by atoms with van der Waals surface area (Å²) in [6, 6.07) is 12.6. The molecule has 0 aliphatic carbocycles. The first-order valence-corrected chi connectivity index (χ1v) is 14.9. The van der Waals surface area contributed by atoms with Gasteiger partial charge in [0, 0.05) is 18.0 Å². The van der Waals surface area contributed by atoms with Gasteiger partial charge >= 0.3 is 5.97 Å². The molecule has 204 valence electrons. The van der Waals surface area contributed by atoms with Crippen LogP contribution < -0.4 is 9.47 Å². The van der Waals surface area contributed by atoms with Crippen LogP contribution in [-0.2, 0) is 6.42 Å². The zero-order chi connectivity index (χ0) is 27.2. The Morgan fingerprint density at radius 3 is 2.18 bits per heavy atom. The number of hydrogen-bond acceptors (Lipinski definition) is 5. The summed E-state index contributed by atoms with van der Waals surface area (Å²) >= 11 is 3.54. The first-order chi connectivity index (χ1) is 18.5. The molecular weight excluding hydrogens is 540 g/mol. The van der Waals surface area contributed by atoms with Gasteiger partial charge in [0.05, 0.1) is 16.1 Å². The molecule has 0 fully saturated rings. The third-order valence-corrected chi connectivity index (χ3v) is 7.18. The molecule has 1 unspecified atom stereocenters. The van der Waals surface area contributed by atoms with Crippen molar-refractivity contribution >= 4 is 21.9 Å². The van der Waals surface area contributed by atoms with E-state index in [1.807, 2.05) is 30.6 Å². The Kier molecular flexibility index (Phi) is 12.8. The Morgan fingerprint density at radius 1 is 0.868 bits per heavy atom. The molecule has 0 bridgehead atoms. The second-order valence-corrected chi connectivity index (χ2v) is 10.8. The van der Waals surface area contributed by atoms with Gasteiger partial charge in [0.1, 0.15) is 11.5 Å². The van der Waals surface area contributed by atoms with Crippen LogP contribution in [0.3, 0.4) is 0 Å². The molecule has 5 nitrogen and oxygen atoms in total. The Labute approximate surface area is 236 Å². The van der Waals surface area contributed by atoms with Crippen molar-refractivity contribution in [2.45, 2.75) is 97.5 Å². The van der Waals surface area contributed by atoms with E-state index >= 15 is 0 Å². The molecule has 2 aromatic carbocycles. The SMILES string of the molecule is CCCCCCCc1cnc(-c2ccc(OC(=O)c3ccc(OC(C)CCCCCC)c(Br)c3)cc2)nc1. The standard InChI is InChI=1S/C32H41BrN2O3/c1-4-6-8-10-12-14-25-22-34-31(35-23-25)26-15-18-28(19-16-26)38-32(36)27-17-20-30(29(33)21-27)37-24(3)13-11-9-7-5-2/h15-24H,4-14H2,1-3H3. The van der Waals surface area contributed by atoms with Crippen LogP contribution in [-0.4, -0.2) is 22.0 Å². The maximum Gasteiger partial charge on any atom is 0.343 e. The van der Waals surface area contributed by atoms with Gasteiger partial charge in [-0.2, -0.15) is 0 Å². The van der Waals surface area contributed by atoms with Crippen LogP contribution >= 0.6 is 15.9 Å². The summed E-state index contributed by atoms with van der Waals surface area (Å²) in [5, 5.41) is 0. The Bertz CT molecular complexity index is 1120. The van der Waals surface area contributed by atoms with Gasteiger partial charge < -0.3 is 9.47 Å². The summed E-state index contributed by atoms with van der Waals surface area (Å²) in [5.74, 6) is 1.45. The average molecular weight is 582 g/mol. The maximum atomic E-state index is 12.7. The van der Waals surface area contributed by atoms with Crippen molar-refractivity contribution in [2.75, 3.05) is 0 Å². The number of unbranched alkanes of at least 4 members (excludes halogenated alkanes) is 7. The van der Waals surface area contributed by atoms with Crippen molar-refractivity contribution in [3.05, 3.63) is 70.5 Å². The molecule has 0 saturated carbocycles. The number of nitrogens with zero attached hydrogens (tertiary/aromatic N) is 2. The molecule has 1 aromatic heterocycles. The molecule has 6 heteroatoms. The van der Waals surface area contributed by atoms with Crippen molar-refractivity contribution in [3.63, 3.8) is 0 Å². The van der Waals surface area contributed by atoms with Gasteiger partial charge in [0.25, 0.3) is 0 Å². The lowest BCUT2D eigenvalue weighted by Crippen LogP contribution is -2.13. The molecule has 1 atom stereocenters.